The van der Waals surface area contributed by atoms with Crippen molar-refractivity contribution in [2.45, 2.75) is 13.5 Å². The van der Waals surface area contributed by atoms with E-state index in [2.05, 4.69) is 71.1 Å². The molecule has 0 radical (unpaired) electrons. The molecule has 3 nitrogen and oxygen atoms in total. The second-order valence-corrected chi connectivity index (χ2v) is 6.86. The van der Waals surface area contributed by atoms with Gasteiger partial charge < -0.3 is 4.57 Å². The number of fused-ring (bicyclic) bond motifs is 3. The van der Waals surface area contributed by atoms with Crippen LogP contribution in [0.15, 0.2) is 85.2 Å². The van der Waals surface area contributed by atoms with E-state index in [0.717, 1.165) is 23.4 Å². The second kappa shape index (κ2) is 6.36. The lowest BCUT2D eigenvalue weighted by atomic mass is 10.1. The number of pyridine rings is 2. The van der Waals surface area contributed by atoms with E-state index in [1.165, 1.54) is 27.4 Å². The van der Waals surface area contributed by atoms with E-state index in [9.17, 15) is 0 Å². The van der Waals surface area contributed by atoms with Crippen molar-refractivity contribution in [2.75, 3.05) is 0 Å². The van der Waals surface area contributed by atoms with Gasteiger partial charge in [0.05, 0.1) is 11.2 Å². The van der Waals surface area contributed by atoms with E-state index in [1.54, 1.807) is 0 Å². The smallest absolute Gasteiger partial charge is 0.113 e. The zero-order chi connectivity index (χ0) is 18.2. The highest BCUT2D eigenvalue weighted by Crippen LogP contribution is 2.34. The molecule has 0 aliphatic carbocycles. The normalized spacial score (nSPS) is 11.3. The highest BCUT2D eigenvalue weighted by molar-refractivity contribution is 6.11. The van der Waals surface area contributed by atoms with Gasteiger partial charge in [0.15, 0.2) is 0 Å². The zero-order valence-electron chi connectivity index (χ0n) is 15.1. The minimum atomic E-state index is 0.801. The SMILES string of the molecule is Cc1ccc(Cn2c3ccccc3c3ccnc(-c4ccccn4)c32)cc1. The van der Waals surface area contributed by atoms with Gasteiger partial charge in [-0.15, -0.1) is 0 Å². The summed E-state index contributed by atoms with van der Waals surface area (Å²) in [6.45, 7) is 2.92. The fourth-order valence-corrected chi connectivity index (χ4v) is 3.73. The number of hydrogen-bond donors (Lipinski definition) is 0. The Morgan fingerprint density at radius 2 is 1.56 bits per heavy atom. The van der Waals surface area contributed by atoms with Crippen molar-refractivity contribution >= 4 is 21.8 Å². The van der Waals surface area contributed by atoms with E-state index < -0.39 is 0 Å². The molecule has 2 aromatic carbocycles. The fourth-order valence-electron chi connectivity index (χ4n) is 3.73. The van der Waals surface area contributed by atoms with Gasteiger partial charge in [-0.1, -0.05) is 54.1 Å². The predicted octanol–water partition coefficient (Wildman–Crippen LogP) is 5.61. The lowest BCUT2D eigenvalue weighted by molar-refractivity contribution is 0.867. The Morgan fingerprint density at radius 3 is 2.37 bits per heavy atom. The Labute approximate surface area is 157 Å². The quantitative estimate of drug-likeness (QED) is 0.424. The minimum Gasteiger partial charge on any atom is -0.334 e. The number of rotatable bonds is 3. The summed E-state index contributed by atoms with van der Waals surface area (Å²) in [5.41, 5.74) is 6.74. The molecule has 0 spiro atoms. The van der Waals surface area contributed by atoms with Gasteiger partial charge in [0, 0.05) is 35.2 Å². The molecule has 0 unspecified atom stereocenters. The summed E-state index contributed by atoms with van der Waals surface area (Å²) in [4.78, 5) is 9.26. The van der Waals surface area contributed by atoms with Crippen molar-refractivity contribution in [3.63, 3.8) is 0 Å². The zero-order valence-corrected chi connectivity index (χ0v) is 15.1. The average molecular weight is 349 g/mol. The van der Waals surface area contributed by atoms with Gasteiger partial charge >= 0.3 is 0 Å². The summed E-state index contributed by atoms with van der Waals surface area (Å²) < 4.78 is 2.37. The van der Waals surface area contributed by atoms with Crippen molar-refractivity contribution in [1.29, 1.82) is 0 Å². The first-order chi connectivity index (χ1) is 13.3. The molecule has 3 heteroatoms. The van der Waals surface area contributed by atoms with Crippen LogP contribution in [0.1, 0.15) is 11.1 Å². The molecule has 3 aromatic heterocycles. The Kier molecular flexibility index (Phi) is 3.72. The van der Waals surface area contributed by atoms with Crippen molar-refractivity contribution < 1.29 is 0 Å². The Bertz CT molecular complexity index is 1240. The summed E-state index contributed by atoms with van der Waals surface area (Å²) in [5, 5.41) is 2.47. The van der Waals surface area contributed by atoms with Crippen molar-refractivity contribution in [2.24, 2.45) is 0 Å². The van der Waals surface area contributed by atoms with Crippen LogP contribution in [0.25, 0.3) is 33.2 Å². The van der Waals surface area contributed by atoms with Gasteiger partial charge in [0.2, 0.25) is 0 Å². The molecule has 27 heavy (non-hydrogen) atoms. The van der Waals surface area contributed by atoms with Crippen LogP contribution in [0, 0.1) is 6.92 Å². The number of aryl methyl sites for hydroxylation is 1. The number of hydrogen-bond acceptors (Lipinski definition) is 2. The van der Waals surface area contributed by atoms with Crippen LogP contribution in [0.4, 0.5) is 0 Å². The van der Waals surface area contributed by atoms with Crippen LogP contribution in [-0.2, 0) is 6.54 Å². The Balaban J connectivity index is 1.82. The minimum absolute atomic E-state index is 0.801. The maximum atomic E-state index is 4.71. The molecular weight excluding hydrogens is 330 g/mol. The van der Waals surface area contributed by atoms with E-state index in [4.69, 9.17) is 4.98 Å². The van der Waals surface area contributed by atoms with Crippen LogP contribution in [-0.4, -0.2) is 14.5 Å². The van der Waals surface area contributed by atoms with Crippen LogP contribution >= 0.6 is 0 Å². The topological polar surface area (TPSA) is 30.7 Å². The van der Waals surface area contributed by atoms with Gasteiger partial charge in [-0.2, -0.15) is 0 Å². The molecule has 5 rings (SSSR count). The maximum absolute atomic E-state index is 4.71. The number of nitrogens with zero attached hydrogens (tertiary/aromatic N) is 3. The van der Waals surface area contributed by atoms with Crippen molar-refractivity contribution in [3.05, 3.63) is 96.3 Å². The summed E-state index contributed by atoms with van der Waals surface area (Å²) >= 11 is 0. The van der Waals surface area contributed by atoms with E-state index >= 15 is 0 Å². The molecule has 0 saturated carbocycles. The van der Waals surface area contributed by atoms with Crippen LogP contribution in [0.3, 0.4) is 0 Å². The van der Waals surface area contributed by atoms with Gasteiger partial charge in [-0.25, -0.2) is 0 Å². The molecule has 0 aliphatic heterocycles. The highest BCUT2D eigenvalue weighted by Gasteiger charge is 2.16. The Hall–Kier alpha value is -3.46. The first-order valence-electron chi connectivity index (χ1n) is 9.14. The molecule has 130 valence electrons. The molecule has 0 bridgehead atoms. The highest BCUT2D eigenvalue weighted by atomic mass is 15.0. The van der Waals surface area contributed by atoms with Gasteiger partial charge in [0.25, 0.3) is 0 Å². The van der Waals surface area contributed by atoms with E-state index in [1.807, 2.05) is 30.6 Å². The fraction of sp³-hybridized carbons (Fsp3) is 0.0833. The third-order valence-corrected chi connectivity index (χ3v) is 5.05. The van der Waals surface area contributed by atoms with Crippen molar-refractivity contribution in [3.8, 4) is 11.4 Å². The van der Waals surface area contributed by atoms with Crippen molar-refractivity contribution in [1.82, 2.24) is 14.5 Å². The van der Waals surface area contributed by atoms with Gasteiger partial charge in [-0.3, -0.25) is 9.97 Å². The molecule has 0 saturated heterocycles. The third kappa shape index (κ3) is 2.68. The molecule has 0 amide bonds. The maximum Gasteiger partial charge on any atom is 0.113 e. The van der Waals surface area contributed by atoms with Gasteiger partial charge in [0.1, 0.15) is 5.69 Å². The molecule has 0 atom stereocenters. The average Bonchev–Trinajstić information content (AvgIpc) is 3.04. The number of para-hydroxylation sites is 1. The first-order valence-corrected chi connectivity index (χ1v) is 9.14. The summed E-state index contributed by atoms with van der Waals surface area (Å²) in [6.07, 6.45) is 3.71. The second-order valence-electron chi connectivity index (χ2n) is 6.86. The van der Waals surface area contributed by atoms with Gasteiger partial charge in [-0.05, 0) is 36.8 Å². The first kappa shape index (κ1) is 15.8. The molecule has 3 heterocycles. The summed E-state index contributed by atoms with van der Waals surface area (Å²) in [6, 6.07) is 25.4. The third-order valence-electron chi connectivity index (χ3n) is 5.05. The van der Waals surface area contributed by atoms with Crippen LogP contribution in [0.2, 0.25) is 0 Å². The monoisotopic (exact) mass is 349 g/mol. The Morgan fingerprint density at radius 1 is 0.741 bits per heavy atom. The molecule has 5 aromatic rings. The van der Waals surface area contributed by atoms with E-state index in [0.29, 0.717) is 0 Å². The summed E-state index contributed by atoms with van der Waals surface area (Å²) in [5.74, 6) is 0. The largest absolute Gasteiger partial charge is 0.334 e. The van der Waals surface area contributed by atoms with Crippen LogP contribution < -0.4 is 0 Å². The molecule has 0 fully saturated rings. The molecule has 0 aliphatic rings. The van der Waals surface area contributed by atoms with Crippen LogP contribution in [0.5, 0.6) is 0 Å². The standard InChI is InChI=1S/C24H19N3/c1-17-9-11-18(12-10-17)16-27-22-8-3-2-6-19(22)20-13-15-26-23(24(20)27)21-7-4-5-14-25-21/h2-15H,16H2,1H3. The molecular formula is C24H19N3. The molecule has 0 N–H and O–H groups in total. The lowest BCUT2D eigenvalue weighted by Gasteiger charge is -2.11. The number of aromatic nitrogens is 3. The number of benzene rings is 2. The summed E-state index contributed by atoms with van der Waals surface area (Å²) in [7, 11) is 0. The van der Waals surface area contributed by atoms with E-state index in [-0.39, 0.29) is 0 Å². The predicted molar refractivity (Wildman–Crippen MR) is 111 cm³/mol. The lowest BCUT2D eigenvalue weighted by Crippen LogP contribution is -2.01.